The van der Waals surface area contributed by atoms with Gasteiger partial charge in [0.1, 0.15) is 17.2 Å². The molecule has 0 radical (unpaired) electrons. The molecule has 0 aliphatic heterocycles. The molecule has 0 rings (SSSR count). The lowest BCUT2D eigenvalue weighted by molar-refractivity contribution is -0.288. The monoisotopic (exact) mass is 192 g/mol. The van der Waals surface area contributed by atoms with Crippen molar-refractivity contribution < 1.29 is 16.7 Å². The van der Waals surface area contributed by atoms with E-state index in [1.54, 1.807) is 0 Å². The maximum atomic E-state index is 9.75. The van der Waals surface area contributed by atoms with Crippen LogP contribution in [0.15, 0.2) is 0 Å². The van der Waals surface area contributed by atoms with Crippen LogP contribution >= 0.6 is 0 Å². The lowest BCUT2D eigenvalue weighted by Gasteiger charge is -2.49. The fraction of sp³-hybridized carbons (Fsp3) is 1.00. The Morgan fingerprint density at radius 2 is 0.846 bits per heavy atom. The van der Waals surface area contributed by atoms with E-state index in [4.69, 9.17) is 0 Å². The third-order valence-electron chi connectivity index (χ3n) is 1.64. The third kappa shape index (κ3) is 3.60. The van der Waals surface area contributed by atoms with Crippen molar-refractivity contribution in [2.45, 2.75) is 58.7 Å². The molecule has 3 N–H and O–H groups in total. The number of aliphatic hydroxyl groups is 3. The first kappa shape index (κ1) is 12.8. The molecule has 13 heavy (non-hydrogen) atoms. The molecule has 0 bridgehead atoms. The molecule has 0 spiro atoms. The third-order valence-corrected chi connectivity index (χ3v) is 1.64. The van der Waals surface area contributed by atoms with E-state index in [0.717, 1.165) is 0 Å². The number of nitrogens with zero attached hydrogens (tertiary/aromatic N) is 1. The normalized spacial score (nSPS) is 15.2. The molecule has 0 aromatic heterocycles. The first-order valence-electron chi connectivity index (χ1n) is 4.34. The molecule has 4 nitrogen and oxygen atoms in total. The smallest absolute Gasteiger partial charge is 0.376 e. The fourth-order valence-electron chi connectivity index (χ4n) is 2.01. The minimum Gasteiger partial charge on any atom is -0.376 e. The molecule has 0 aromatic rings. The van der Waals surface area contributed by atoms with Gasteiger partial charge in [0.05, 0.1) is 0 Å². The van der Waals surface area contributed by atoms with Crippen molar-refractivity contribution in [1.82, 2.24) is 4.90 Å². The molecule has 0 saturated carbocycles. The lowest BCUT2D eigenvalue weighted by atomic mass is 10.1. The van der Waals surface area contributed by atoms with E-state index in [2.05, 4.69) is 0 Å². The van der Waals surface area contributed by atoms with Gasteiger partial charge in [0.25, 0.3) is 0 Å². The maximum absolute atomic E-state index is 9.75. The SMILES string of the molecule is CC(C)(O)N(C(C)(C)O)C(C)(C)O.[H+]. The summed E-state index contributed by atoms with van der Waals surface area (Å²) >= 11 is 0. The summed E-state index contributed by atoms with van der Waals surface area (Å²) in [6, 6.07) is 0. The summed E-state index contributed by atoms with van der Waals surface area (Å²) in [5.41, 5.74) is -3.84. The lowest BCUT2D eigenvalue weighted by Crippen LogP contribution is -2.64. The van der Waals surface area contributed by atoms with Crippen LogP contribution in [-0.4, -0.2) is 37.4 Å². The number of rotatable bonds is 3. The van der Waals surface area contributed by atoms with Gasteiger partial charge >= 0.3 is 1.43 Å². The minimum atomic E-state index is -1.28. The highest BCUT2D eigenvalue weighted by Crippen LogP contribution is 2.28. The van der Waals surface area contributed by atoms with Crippen LogP contribution in [0.3, 0.4) is 0 Å². The van der Waals surface area contributed by atoms with Gasteiger partial charge in [-0.25, -0.2) is 4.90 Å². The summed E-state index contributed by atoms with van der Waals surface area (Å²) in [4.78, 5) is 1.23. The van der Waals surface area contributed by atoms with Gasteiger partial charge in [0, 0.05) is 0 Å². The molecule has 0 heterocycles. The second-order valence-electron chi connectivity index (χ2n) is 4.82. The van der Waals surface area contributed by atoms with Gasteiger partial charge in [-0.1, -0.05) is 0 Å². The highest BCUT2D eigenvalue weighted by atomic mass is 16.4. The number of hydrogen-bond acceptors (Lipinski definition) is 4. The Morgan fingerprint density at radius 3 is 0.846 bits per heavy atom. The van der Waals surface area contributed by atoms with E-state index in [-0.39, 0.29) is 1.43 Å². The van der Waals surface area contributed by atoms with E-state index >= 15 is 0 Å². The first-order chi connectivity index (χ1) is 5.37. The van der Waals surface area contributed by atoms with Crippen LogP contribution in [0.25, 0.3) is 0 Å². The molecular formula is C9H22NO3+. The van der Waals surface area contributed by atoms with Crippen molar-refractivity contribution in [2.24, 2.45) is 0 Å². The molecule has 80 valence electrons. The molecule has 0 atom stereocenters. The van der Waals surface area contributed by atoms with Gasteiger partial charge in [0.2, 0.25) is 0 Å². The summed E-state index contributed by atoms with van der Waals surface area (Å²) in [5, 5.41) is 29.3. The standard InChI is InChI=1S/C9H21NO3/c1-7(2,11)10(8(3,4)12)9(5,6)13/h11-13H,1-6H3/p+1. The second-order valence-corrected chi connectivity index (χ2v) is 4.82. The van der Waals surface area contributed by atoms with Gasteiger partial charge in [-0.15, -0.1) is 0 Å². The average Bonchev–Trinajstić information content (AvgIpc) is 1.44. The predicted octanol–water partition coefficient (Wildman–Crippen LogP) is 0.586. The first-order valence-corrected chi connectivity index (χ1v) is 4.34. The van der Waals surface area contributed by atoms with Gasteiger partial charge in [-0.2, -0.15) is 0 Å². The summed E-state index contributed by atoms with van der Waals surface area (Å²) in [7, 11) is 0. The Balaban J connectivity index is 0. The molecule has 0 saturated heterocycles. The van der Waals surface area contributed by atoms with Crippen molar-refractivity contribution in [1.29, 1.82) is 0 Å². The summed E-state index contributed by atoms with van der Waals surface area (Å²) in [6.45, 7) is 9.10. The van der Waals surface area contributed by atoms with Crippen molar-refractivity contribution >= 4 is 0 Å². The fourth-order valence-corrected chi connectivity index (χ4v) is 2.01. The van der Waals surface area contributed by atoms with Crippen molar-refractivity contribution in [3.05, 3.63) is 0 Å². The molecule has 0 aromatic carbocycles. The highest BCUT2D eigenvalue weighted by Gasteiger charge is 2.43. The molecule has 4 heteroatoms. The zero-order valence-electron chi connectivity index (χ0n) is 10.3. The molecule has 0 aliphatic carbocycles. The Morgan fingerprint density at radius 1 is 0.692 bits per heavy atom. The Labute approximate surface area is 81.3 Å². The quantitative estimate of drug-likeness (QED) is 0.573. The summed E-state index contributed by atoms with van der Waals surface area (Å²) in [6.07, 6.45) is 0. The minimum absolute atomic E-state index is 0. The Hall–Kier alpha value is -0.160. The van der Waals surface area contributed by atoms with Crippen LogP contribution in [-0.2, 0) is 0 Å². The van der Waals surface area contributed by atoms with Gasteiger partial charge in [0.15, 0.2) is 0 Å². The van der Waals surface area contributed by atoms with E-state index in [1.807, 2.05) is 0 Å². The average molecular weight is 192 g/mol. The predicted molar refractivity (Wildman–Crippen MR) is 51.8 cm³/mol. The van der Waals surface area contributed by atoms with Gasteiger partial charge < -0.3 is 15.3 Å². The van der Waals surface area contributed by atoms with E-state index in [9.17, 15) is 15.3 Å². The summed E-state index contributed by atoms with van der Waals surface area (Å²) < 4.78 is 0. The van der Waals surface area contributed by atoms with Gasteiger partial charge in [-0.3, -0.25) is 0 Å². The topological polar surface area (TPSA) is 63.9 Å². The van der Waals surface area contributed by atoms with Crippen LogP contribution in [0.4, 0.5) is 0 Å². The van der Waals surface area contributed by atoms with Crippen LogP contribution in [0.2, 0.25) is 0 Å². The largest absolute Gasteiger partial charge is 1.00 e. The zero-order valence-corrected chi connectivity index (χ0v) is 9.29. The maximum Gasteiger partial charge on any atom is 1.00 e. The Bertz CT molecular complexity index is 143. The number of hydrogen-bond donors (Lipinski definition) is 3. The Kier molecular flexibility index (Phi) is 3.16. The molecule has 0 unspecified atom stereocenters. The second kappa shape index (κ2) is 3.20. The van der Waals surface area contributed by atoms with Crippen molar-refractivity contribution in [2.75, 3.05) is 0 Å². The highest BCUT2D eigenvalue weighted by molar-refractivity contribution is 4.84. The van der Waals surface area contributed by atoms with Crippen LogP contribution in [0.1, 0.15) is 43.0 Å². The van der Waals surface area contributed by atoms with Gasteiger partial charge in [-0.05, 0) is 41.5 Å². The summed E-state index contributed by atoms with van der Waals surface area (Å²) in [5.74, 6) is 0. The van der Waals surface area contributed by atoms with Crippen LogP contribution in [0.5, 0.6) is 0 Å². The van der Waals surface area contributed by atoms with Crippen molar-refractivity contribution in [3.63, 3.8) is 0 Å². The van der Waals surface area contributed by atoms with E-state index in [0.29, 0.717) is 0 Å². The molecule has 0 amide bonds. The molecule has 0 aliphatic rings. The van der Waals surface area contributed by atoms with Crippen molar-refractivity contribution in [3.8, 4) is 0 Å². The molecular weight excluding hydrogens is 170 g/mol. The van der Waals surface area contributed by atoms with E-state index in [1.165, 1.54) is 46.4 Å². The van der Waals surface area contributed by atoms with E-state index < -0.39 is 17.2 Å². The molecule has 0 fully saturated rings. The zero-order chi connectivity index (χ0) is 11.1. The van der Waals surface area contributed by atoms with Crippen LogP contribution < -0.4 is 0 Å². The van der Waals surface area contributed by atoms with Crippen LogP contribution in [0, 0.1) is 0 Å².